The standard InChI is InChI=1S/C25H23N3O4/c1-2-9-31-20-7-3-6-17(12-20)25(30)28-15-21-11-16-5-4-8-22(23(16)32-21)18-10-19(24(26)29)14-27-13-18/h2-8,10,12-14,21H,1,9,11,15H2,(H2,26,29)(H,28,30). The van der Waals surface area contributed by atoms with Crippen LogP contribution < -0.4 is 20.5 Å². The van der Waals surface area contributed by atoms with Gasteiger partial charge in [0, 0.05) is 35.5 Å². The van der Waals surface area contributed by atoms with Crippen LogP contribution in [0, 0.1) is 0 Å². The molecule has 32 heavy (non-hydrogen) atoms. The lowest BCUT2D eigenvalue weighted by atomic mass is 10.0. The lowest BCUT2D eigenvalue weighted by molar-refractivity contribution is 0.0932. The van der Waals surface area contributed by atoms with Crippen molar-refractivity contribution < 1.29 is 19.1 Å². The van der Waals surface area contributed by atoms with Crippen LogP contribution in [0.25, 0.3) is 11.1 Å². The lowest BCUT2D eigenvalue weighted by Gasteiger charge is -2.14. The first-order chi connectivity index (χ1) is 15.5. The van der Waals surface area contributed by atoms with E-state index in [9.17, 15) is 9.59 Å². The van der Waals surface area contributed by atoms with Crippen molar-refractivity contribution in [1.82, 2.24) is 10.3 Å². The van der Waals surface area contributed by atoms with Crippen LogP contribution in [-0.4, -0.2) is 36.1 Å². The summed E-state index contributed by atoms with van der Waals surface area (Å²) < 4.78 is 11.6. The van der Waals surface area contributed by atoms with Crippen LogP contribution in [0.5, 0.6) is 11.5 Å². The van der Waals surface area contributed by atoms with Gasteiger partial charge in [0.2, 0.25) is 5.91 Å². The summed E-state index contributed by atoms with van der Waals surface area (Å²) in [6.45, 7) is 4.35. The van der Waals surface area contributed by atoms with Gasteiger partial charge in [0.05, 0.1) is 12.1 Å². The first-order valence-electron chi connectivity index (χ1n) is 10.2. The second-order valence-corrected chi connectivity index (χ2v) is 7.40. The van der Waals surface area contributed by atoms with Crippen molar-refractivity contribution in [3.63, 3.8) is 0 Å². The number of aromatic nitrogens is 1. The van der Waals surface area contributed by atoms with E-state index in [-0.39, 0.29) is 12.0 Å². The van der Waals surface area contributed by atoms with Crippen LogP contribution in [0.2, 0.25) is 0 Å². The molecule has 1 unspecified atom stereocenters. The molecule has 1 aromatic heterocycles. The molecule has 2 amide bonds. The topological polar surface area (TPSA) is 104 Å². The number of carbonyl (C=O) groups is 2. The summed E-state index contributed by atoms with van der Waals surface area (Å²) in [5.41, 5.74) is 8.84. The first kappa shape index (κ1) is 21.1. The fraction of sp³-hybridized carbons (Fsp3) is 0.160. The highest BCUT2D eigenvalue weighted by atomic mass is 16.5. The van der Waals surface area contributed by atoms with Gasteiger partial charge in [-0.15, -0.1) is 0 Å². The molecule has 1 aliphatic rings. The first-order valence-corrected chi connectivity index (χ1v) is 10.2. The number of nitrogens with two attached hydrogens (primary N) is 1. The number of nitrogens with zero attached hydrogens (tertiary/aromatic N) is 1. The lowest BCUT2D eigenvalue weighted by Crippen LogP contribution is -2.34. The van der Waals surface area contributed by atoms with Crippen molar-refractivity contribution in [2.75, 3.05) is 13.2 Å². The zero-order valence-corrected chi connectivity index (χ0v) is 17.4. The molecule has 0 radical (unpaired) electrons. The number of ether oxygens (including phenoxy) is 2. The van der Waals surface area contributed by atoms with E-state index in [2.05, 4.69) is 16.9 Å². The Morgan fingerprint density at radius 1 is 1.19 bits per heavy atom. The highest BCUT2D eigenvalue weighted by molar-refractivity contribution is 5.95. The van der Waals surface area contributed by atoms with Crippen molar-refractivity contribution in [3.05, 3.63) is 90.3 Å². The normalized spacial score (nSPS) is 14.2. The molecule has 1 aliphatic heterocycles. The Labute approximate surface area is 185 Å². The Morgan fingerprint density at radius 3 is 2.84 bits per heavy atom. The number of para-hydroxylation sites is 1. The van der Waals surface area contributed by atoms with Gasteiger partial charge < -0.3 is 20.5 Å². The van der Waals surface area contributed by atoms with Gasteiger partial charge in [0.1, 0.15) is 24.2 Å². The summed E-state index contributed by atoms with van der Waals surface area (Å²) in [6, 6.07) is 14.5. The van der Waals surface area contributed by atoms with Gasteiger partial charge in [-0.25, -0.2) is 0 Å². The predicted molar refractivity (Wildman–Crippen MR) is 121 cm³/mol. The van der Waals surface area contributed by atoms with Crippen molar-refractivity contribution in [2.24, 2.45) is 5.73 Å². The van der Waals surface area contributed by atoms with Gasteiger partial charge in [-0.2, -0.15) is 0 Å². The minimum atomic E-state index is -0.535. The van der Waals surface area contributed by atoms with Gasteiger partial charge >= 0.3 is 0 Å². The average molecular weight is 429 g/mol. The van der Waals surface area contributed by atoms with E-state index in [4.69, 9.17) is 15.2 Å². The molecule has 7 nitrogen and oxygen atoms in total. The fourth-order valence-corrected chi connectivity index (χ4v) is 3.59. The Balaban J connectivity index is 1.44. The van der Waals surface area contributed by atoms with Crippen LogP contribution in [0.4, 0.5) is 0 Å². The number of nitrogens with one attached hydrogen (secondary N) is 1. The molecule has 2 aromatic carbocycles. The van der Waals surface area contributed by atoms with Gasteiger partial charge in [-0.1, -0.05) is 36.9 Å². The van der Waals surface area contributed by atoms with Crippen molar-refractivity contribution in [1.29, 1.82) is 0 Å². The number of benzene rings is 2. The van der Waals surface area contributed by atoms with Crippen LogP contribution in [-0.2, 0) is 6.42 Å². The summed E-state index contributed by atoms with van der Waals surface area (Å²) in [4.78, 5) is 28.2. The molecule has 0 saturated carbocycles. The number of amides is 2. The Morgan fingerprint density at radius 2 is 2.03 bits per heavy atom. The SMILES string of the molecule is C=CCOc1cccc(C(=O)NCC2Cc3cccc(-c4cncc(C(N)=O)c4)c3O2)c1. The van der Waals surface area contributed by atoms with Crippen LogP contribution in [0.3, 0.4) is 0 Å². The summed E-state index contributed by atoms with van der Waals surface area (Å²) in [6.07, 6.45) is 5.21. The molecular weight excluding hydrogens is 406 g/mol. The summed E-state index contributed by atoms with van der Waals surface area (Å²) in [5, 5.41) is 2.93. The van der Waals surface area contributed by atoms with Crippen molar-refractivity contribution in [3.8, 4) is 22.6 Å². The van der Waals surface area contributed by atoms with Gasteiger partial charge in [0.15, 0.2) is 0 Å². The van der Waals surface area contributed by atoms with Gasteiger partial charge in [-0.3, -0.25) is 14.6 Å². The number of hydrogen-bond acceptors (Lipinski definition) is 5. The minimum Gasteiger partial charge on any atom is -0.490 e. The van der Waals surface area contributed by atoms with E-state index in [0.717, 1.165) is 22.4 Å². The molecule has 4 rings (SSSR count). The van der Waals surface area contributed by atoms with E-state index in [1.54, 1.807) is 42.6 Å². The quantitative estimate of drug-likeness (QED) is 0.536. The number of carbonyl (C=O) groups excluding carboxylic acids is 2. The van der Waals surface area contributed by atoms with Crippen LogP contribution in [0.15, 0.2) is 73.6 Å². The fourth-order valence-electron chi connectivity index (χ4n) is 3.59. The molecule has 162 valence electrons. The molecular formula is C25H23N3O4. The summed E-state index contributed by atoms with van der Waals surface area (Å²) >= 11 is 0. The van der Waals surface area contributed by atoms with E-state index < -0.39 is 5.91 Å². The molecule has 3 aromatic rings. The molecule has 0 bridgehead atoms. The average Bonchev–Trinajstić information content (AvgIpc) is 3.24. The Bertz CT molecular complexity index is 1180. The number of fused-ring (bicyclic) bond motifs is 1. The second-order valence-electron chi connectivity index (χ2n) is 7.40. The van der Waals surface area contributed by atoms with Crippen molar-refractivity contribution >= 4 is 11.8 Å². The third kappa shape index (κ3) is 4.62. The second kappa shape index (κ2) is 9.34. The molecule has 1 atom stereocenters. The molecule has 0 aliphatic carbocycles. The third-order valence-corrected chi connectivity index (χ3v) is 5.12. The molecule has 7 heteroatoms. The third-order valence-electron chi connectivity index (χ3n) is 5.12. The van der Waals surface area contributed by atoms with E-state index in [0.29, 0.717) is 36.4 Å². The molecule has 0 saturated heterocycles. The Kier molecular flexibility index (Phi) is 6.17. The number of pyridine rings is 1. The molecule has 2 heterocycles. The van der Waals surface area contributed by atoms with E-state index in [1.807, 2.05) is 18.2 Å². The highest BCUT2D eigenvalue weighted by Gasteiger charge is 2.26. The smallest absolute Gasteiger partial charge is 0.251 e. The number of rotatable bonds is 8. The maximum atomic E-state index is 12.6. The highest BCUT2D eigenvalue weighted by Crippen LogP contribution is 2.38. The van der Waals surface area contributed by atoms with E-state index in [1.165, 1.54) is 6.20 Å². The maximum Gasteiger partial charge on any atom is 0.251 e. The van der Waals surface area contributed by atoms with Gasteiger partial charge in [0.25, 0.3) is 5.91 Å². The molecule has 3 N–H and O–H groups in total. The Hall–Kier alpha value is -4.13. The zero-order chi connectivity index (χ0) is 22.5. The summed E-state index contributed by atoms with van der Waals surface area (Å²) in [7, 11) is 0. The summed E-state index contributed by atoms with van der Waals surface area (Å²) in [5.74, 6) is 0.605. The maximum absolute atomic E-state index is 12.6. The molecule has 0 spiro atoms. The minimum absolute atomic E-state index is 0.202. The molecule has 0 fully saturated rings. The van der Waals surface area contributed by atoms with E-state index >= 15 is 0 Å². The number of hydrogen-bond donors (Lipinski definition) is 2. The predicted octanol–water partition coefficient (Wildman–Crippen LogP) is 3.15. The van der Waals surface area contributed by atoms with Crippen LogP contribution in [0.1, 0.15) is 26.3 Å². The number of primary amides is 1. The van der Waals surface area contributed by atoms with Gasteiger partial charge in [-0.05, 0) is 29.8 Å². The monoisotopic (exact) mass is 429 g/mol. The van der Waals surface area contributed by atoms with Crippen molar-refractivity contribution in [2.45, 2.75) is 12.5 Å². The van der Waals surface area contributed by atoms with Crippen LogP contribution >= 0.6 is 0 Å². The largest absolute Gasteiger partial charge is 0.490 e. The zero-order valence-electron chi connectivity index (χ0n) is 17.4.